The van der Waals surface area contributed by atoms with Crippen LogP contribution in [0.2, 0.25) is 0 Å². The van der Waals surface area contributed by atoms with Gasteiger partial charge < -0.3 is 4.90 Å². The van der Waals surface area contributed by atoms with Crippen LogP contribution in [-0.4, -0.2) is 83.3 Å². The minimum Gasteiger partial charge on any atom is -0.336 e. The predicted octanol–water partition coefficient (Wildman–Crippen LogP) is 1.77. The van der Waals surface area contributed by atoms with Gasteiger partial charge in [0.1, 0.15) is 0 Å². The first-order valence-corrected chi connectivity index (χ1v) is 14.2. The van der Waals surface area contributed by atoms with E-state index < -0.39 is 19.9 Å². The molecule has 1 atom stereocenters. The first-order chi connectivity index (χ1) is 15.6. The molecule has 0 unspecified atom stereocenters. The highest BCUT2D eigenvalue weighted by Gasteiger charge is 2.34. The van der Waals surface area contributed by atoms with Crippen LogP contribution in [0.25, 0.3) is 0 Å². The molecule has 0 radical (unpaired) electrons. The summed E-state index contributed by atoms with van der Waals surface area (Å²) in [5, 5.41) is 0. The molecule has 0 aliphatic carbocycles. The Morgan fingerprint density at radius 1 is 0.970 bits per heavy atom. The third-order valence-corrected chi connectivity index (χ3v) is 10.0. The highest BCUT2D eigenvalue weighted by atomic mass is 32.2. The van der Waals surface area contributed by atoms with Crippen molar-refractivity contribution >= 4 is 31.5 Å². The van der Waals surface area contributed by atoms with Crippen LogP contribution >= 0.6 is 0 Å². The number of hydrogen-bond donors (Lipinski definition) is 0. The zero-order chi connectivity index (χ0) is 23.8. The number of nitrogens with zero attached hydrogens (tertiary/aromatic N) is 3. The van der Waals surface area contributed by atoms with Crippen molar-refractivity contribution < 1.29 is 21.6 Å². The number of carbonyl (C=O) groups is 1. The molecule has 0 aromatic heterocycles. The molecule has 0 spiro atoms. The monoisotopic (exact) mass is 491 g/mol. The summed E-state index contributed by atoms with van der Waals surface area (Å²) in [7, 11) is -5.13. The van der Waals surface area contributed by atoms with Gasteiger partial charge in [0.05, 0.1) is 22.1 Å². The molecule has 2 aliphatic heterocycles. The molecular weight excluding hydrogens is 462 g/mol. The largest absolute Gasteiger partial charge is 0.336 e. The summed E-state index contributed by atoms with van der Waals surface area (Å²) in [6.45, 7) is 4.29. The fraction of sp³-hybridized carbons (Fsp3) is 0.435. The van der Waals surface area contributed by atoms with Crippen molar-refractivity contribution in [3.05, 3.63) is 59.7 Å². The predicted molar refractivity (Wildman–Crippen MR) is 128 cm³/mol. The fourth-order valence-electron chi connectivity index (χ4n) is 4.36. The molecular formula is C23H29N3O5S2. The van der Waals surface area contributed by atoms with Crippen molar-refractivity contribution in [3.63, 3.8) is 0 Å². The van der Waals surface area contributed by atoms with E-state index in [4.69, 9.17) is 0 Å². The lowest BCUT2D eigenvalue weighted by Gasteiger charge is -2.37. The number of anilines is 1. The minimum absolute atomic E-state index is 0.0533. The van der Waals surface area contributed by atoms with Gasteiger partial charge in [-0.2, -0.15) is 0 Å². The first-order valence-electron chi connectivity index (χ1n) is 11.0. The number of amides is 1. The molecule has 2 saturated heterocycles. The molecule has 4 rings (SSSR count). The Morgan fingerprint density at radius 3 is 2.12 bits per heavy atom. The van der Waals surface area contributed by atoms with Crippen LogP contribution in [0.15, 0.2) is 53.4 Å². The zero-order valence-electron chi connectivity index (χ0n) is 18.8. The van der Waals surface area contributed by atoms with Gasteiger partial charge in [0.15, 0.2) is 9.84 Å². The lowest BCUT2D eigenvalue weighted by atomic mass is 10.1. The molecule has 2 aromatic carbocycles. The van der Waals surface area contributed by atoms with Crippen molar-refractivity contribution in [1.29, 1.82) is 0 Å². The second-order valence-corrected chi connectivity index (χ2v) is 12.9. The van der Waals surface area contributed by atoms with Gasteiger partial charge in [-0.3, -0.25) is 14.0 Å². The van der Waals surface area contributed by atoms with Crippen molar-refractivity contribution in [2.45, 2.75) is 24.3 Å². The average Bonchev–Trinajstić information content (AvgIpc) is 3.18. The fourth-order valence-corrected chi connectivity index (χ4v) is 7.31. The topological polar surface area (TPSA) is 95.1 Å². The molecule has 33 heavy (non-hydrogen) atoms. The third kappa shape index (κ3) is 5.07. The Bertz CT molecular complexity index is 1220. The molecule has 2 fully saturated rings. The second kappa shape index (κ2) is 9.08. The SMILES string of the molecule is Cc1ccc(S(=O)(=O)N(C)c2ccc(C(=O)N3CCN([C@@H]4CCS(=O)(=O)C4)CC3)cc2)cc1. The van der Waals surface area contributed by atoms with Crippen LogP contribution in [0.4, 0.5) is 5.69 Å². The molecule has 0 saturated carbocycles. The average molecular weight is 492 g/mol. The van der Waals surface area contributed by atoms with E-state index in [-0.39, 0.29) is 28.4 Å². The molecule has 2 aromatic rings. The molecule has 0 bridgehead atoms. The summed E-state index contributed by atoms with van der Waals surface area (Å²) in [5.41, 5.74) is 1.95. The van der Waals surface area contributed by atoms with Gasteiger partial charge in [0.25, 0.3) is 15.9 Å². The van der Waals surface area contributed by atoms with E-state index in [0.29, 0.717) is 43.9 Å². The van der Waals surface area contributed by atoms with E-state index in [2.05, 4.69) is 4.90 Å². The summed E-state index contributed by atoms with van der Waals surface area (Å²) < 4.78 is 50.5. The maximum Gasteiger partial charge on any atom is 0.264 e. The van der Waals surface area contributed by atoms with E-state index in [0.717, 1.165) is 5.56 Å². The van der Waals surface area contributed by atoms with E-state index in [1.54, 1.807) is 53.4 Å². The zero-order valence-corrected chi connectivity index (χ0v) is 20.5. The summed E-state index contributed by atoms with van der Waals surface area (Å²) in [6, 6.07) is 13.3. The van der Waals surface area contributed by atoms with Crippen LogP contribution in [0.3, 0.4) is 0 Å². The van der Waals surface area contributed by atoms with E-state index >= 15 is 0 Å². The van der Waals surface area contributed by atoms with Crippen molar-refractivity contribution in [2.24, 2.45) is 0 Å². The van der Waals surface area contributed by atoms with Gasteiger partial charge in [0.2, 0.25) is 0 Å². The van der Waals surface area contributed by atoms with E-state index in [1.807, 2.05) is 6.92 Å². The van der Waals surface area contributed by atoms with E-state index in [9.17, 15) is 21.6 Å². The highest BCUT2D eigenvalue weighted by molar-refractivity contribution is 7.92. The smallest absolute Gasteiger partial charge is 0.264 e. The van der Waals surface area contributed by atoms with Crippen LogP contribution in [-0.2, 0) is 19.9 Å². The van der Waals surface area contributed by atoms with Crippen LogP contribution in [0.5, 0.6) is 0 Å². The van der Waals surface area contributed by atoms with Gasteiger partial charge in [-0.25, -0.2) is 16.8 Å². The third-order valence-electron chi connectivity index (χ3n) is 6.48. The maximum absolute atomic E-state index is 12.9. The molecule has 1 amide bonds. The first kappa shape index (κ1) is 23.7. The molecule has 0 N–H and O–H groups in total. The number of rotatable bonds is 5. The summed E-state index contributed by atoms with van der Waals surface area (Å²) in [4.78, 5) is 17.1. The number of sulfone groups is 1. The van der Waals surface area contributed by atoms with Gasteiger partial charge in [-0.1, -0.05) is 17.7 Å². The number of carbonyl (C=O) groups excluding carboxylic acids is 1. The second-order valence-electron chi connectivity index (χ2n) is 8.72. The Balaban J connectivity index is 1.39. The number of aryl methyl sites for hydroxylation is 1. The molecule has 8 nitrogen and oxygen atoms in total. The molecule has 2 heterocycles. The Labute approximate surface area is 195 Å². The standard InChI is InChI=1S/C23H29N3O5S2/c1-18-3-9-22(10-4-18)33(30,31)24(2)20-7-5-19(6-8-20)23(27)26-14-12-25(13-15-26)21-11-16-32(28,29)17-21/h3-10,21H,11-17H2,1-2H3/t21-/m1/s1. The summed E-state index contributed by atoms with van der Waals surface area (Å²) in [6.07, 6.45) is 0.663. The number of benzene rings is 2. The molecule has 10 heteroatoms. The quantitative estimate of drug-likeness (QED) is 0.633. The minimum atomic E-state index is -3.70. The molecule has 2 aliphatic rings. The van der Waals surface area contributed by atoms with Gasteiger partial charge in [-0.15, -0.1) is 0 Å². The normalized spacial score (nSPS) is 21.2. The number of piperazine rings is 1. The van der Waals surface area contributed by atoms with Gasteiger partial charge in [-0.05, 0) is 49.7 Å². The maximum atomic E-state index is 12.9. The Kier molecular flexibility index (Phi) is 6.52. The van der Waals surface area contributed by atoms with Crippen LogP contribution in [0.1, 0.15) is 22.3 Å². The lowest BCUT2D eigenvalue weighted by Crippen LogP contribution is -2.52. The Morgan fingerprint density at radius 2 is 1.58 bits per heavy atom. The van der Waals surface area contributed by atoms with Crippen molar-refractivity contribution in [3.8, 4) is 0 Å². The van der Waals surface area contributed by atoms with Gasteiger partial charge >= 0.3 is 0 Å². The van der Waals surface area contributed by atoms with E-state index in [1.165, 1.54) is 11.4 Å². The van der Waals surface area contributed by atoms with Gasteiger partial charge in [0, 0.05) is 44.8 Å². The van der Waals surface area contributed by atoms with Crippen LogP contribution in [0, 0.1) is 6.92 Å². The number of sulfonamides is 1. The number of hydrogen-bond acceptors (Lipinski definition) is 6. The van der Waals surface area contributed by atoms with Crippen molar-refractivity contribution in [2.75, 3.05) is 49.0 Å². The summed E-state index contributed by atoms with van der Waals surface area (Å²) >= 11 is 0. The highest BCUT2D eigenvalue weighted by Crippen LogP contribution is 2.24. The summed E-state index contributed by atoms with van der Waals surface area (Å²) in [5.74, 6) is 0.350. The molecule has 178 valence electrons. The van der Waals surface area contributed by atoms with Crippen molar-refractivity contribution in [1.82, 2.24) is 9.80 Å². The Hall–Kier alpha value is -2.43. The van der Waals surface area contributed by atoms with Crippen LogP contribution < -0.4 is 4.31 Å². The lowest BCUT2D eigenvalue weighted by molar-refractivity contribution is 0.0588.